The van der Waals surface area contributed by atoms with E-state index in [-0.39, 0.29) is 41.9 Å². The number of rotatable bonds is 7. The molecule has 1 N–H and O–H groups in total. The summed E-state index contributed by atoms with van der Waals surface area (Å²) in [5.74, 6) is 0.0206. The smallest absolute Gasteiger partial charge is 0.321 e. The van der Waals surface area contributed by atoms with Gasteiger partial charge in [0.25, 0.3) is 0 Å². The molecule has 1 amide bonds. The highest BCUT2D eigenvalue weighted by Crippen LogP contribution is 2.42. The summed E-state index contributed by atoms with van der Waals surface area (Å²) >= 11 is 0. The molecule has 206 valence electrons. The first-order valence-corrected chi connectivity index (χ1v) is 13.3. The van der Waals surface area contributed by atoms with Crippen molar-refractivity contribution in [1.82, 2.24) is 19.8 Å². The van der Waals surface area contributed by atoms with Crippen LogP contribution in [-0.4, -0.2) is 89.2 Å². The van der Waals surface area contributed by atoms with Crippen LogP contribution in [0.4, 0.5) is 10.2 Å². The first-order valence-electron chi connectivity index (χ1n) is 13.3. The van der Waals surface area contributed by atoms with Crippen molar-refractivity contribution in [1.29, 1.82) is 0 Å². The number of amides is 1. The molecule has 0 aliphatic carbocycles. The Bertz CT molecular complexity index is 1260. The summed E-state index contributed by atoms with van der Waals surface area (Å²) in [4.78, 5) is 31.3. The summed E-state index contributed by atoms with van der Waals surface area (Å²) in [6, 6.07) is 4.29. The van der Waals surface area contributed by atoms with Crippen molar-refractivity contribution in [2.24, 2.45) is 0 Å². The quantitative estimate of drug-likeness (QED) is 0.426. The minimum Gasteiger partial charge on any atom is -0.507 e. The van der Waals surface area contributed by atoms with Crippen molar-refractivity contribution in [3.63, 3.8) is 0 Å². The number of hydrogen-bond acceptors (Lipinski definition) is 8. The van der Waals surface area contributed by atoms with Gasteiger partial charge < -0.3 is 34.1 Å². The maximum absolute atomic E-state index is 14.7. The number of likely N-dealkylation sites (tertiary alicyclic amines) is 1. The maximum Gasteiger partial charge on any atom is 0.321 e. The molecule has 10 nitrogen and oxygen atoms in total. The summed E-state index contributed by atoms with van der Waals surface area (Å²) < 4.78 is 26.9. The molecule has 3 aliphatic rings. The van der Waals surface area contributed by atoms with Gasteiger partial charge in [0.15, 0.2) is 0 Å². The molecule has 11 heteroatoms. The Balaban J connectivity index is 1.46. The van der Waals surface area contributed by atoms with Crippen LogP contribution in [0.1, 0.15) is 36.5 Å². The number of hydrogen-bond donors (Lipinski definition) is 1. The number of benzene rings is 1. The number of ether oxygens (including phenoxy) is 2. The van der Waals surface area contributed by atoms with Gasteiger partial charge in [-0.25, -0.2) is 11.0 Å². The summed E-state index contributed by atoms with van der Waals surface area (Å²) in [6.45, 7) is 13.9. The maximum atomic E-state index is 14.7. The Hall–Kier alpha value is -3.91. The molecule has 3 atom stereocenters. The first kappa shape index (κ1) is 26.7. The van der Waals surface area contributed by atoms with Crippen LogP contribution in [0.2, 0.25) is 0 Å². The van der Waals surface area contributed by atoms with Crippen molar-refractivity contribution in [3.8, 4) is 17.6 Å². The van der Waals surface area contributed by atoms with E-state index in [1.807, 2.05) is 4.90 Å². The molecule has 2 fully saturated rings. The molecule has 1 aromatic heterocycles. The number of likely N-dealkylation sites (N-methyl/N-ethyl adjacent to an activating group) is 1. The van der Waals surface area contributed by atoms with Crippen molar-refractivity contribution in [2.45, 2.75) is 43.9 Å². The van der Waals surface area contributed by atoms with Crippen LogP contribution < -0.4 is 14.4 Å². The largest absolute Gasteiger partial charge is 0.507 e. The van der Waals surface area contributed by atoms with Crippen molar-refractivity contribution in [2.75, 3.05) is 51.3 Å². The predicted octanol–water partition coefficient (Wildman–Crippen LogP) is 2.98. The van der Waals surface area contributed by atoms with Gasteiger partial charge in [0.2, 0.25) is 18.3 Å². The number of piperazine rings is 1. The van der Waals surface area contributed by atoms with Gasteiger partial charge >= 0.3 is 6.01 Å². The van der Waals surface area contributed by atoms with Crippen molar-refractivity contribution in [3.05, 3.63) is 59.2 Å². The average Bonchev–Trinajstić information content (AvgIpc) is 3.35. The Labute approximate surface area is 227 Å². The van der Waals surface area contributed by atoms with E-state index in [0.29, 0.717) is 50.8 Å². The number of phenols is 1. The Kier molecular flexibility index (Phi) is 7.84. The summed E-state index contributed by atoms with van der Waals surface area (Å²) in [7, 11) is 2.07. The highest BCUT2D eigenvalue weighted by Gasteiger charge is 2.36. The van der Waals surface area contributed by atoms with Crippen LogP contribution in [0.15, 0.2) is 30.9 Å². The lowest BCUT2D eigenvalue weighted by molar-refractivity contribution is -0.128. The van der Waals surface area contributed by atoms with Gasteiger partial charge in [-0.05, 0) is 57.5 Å². The third-order valence-electron chi connectivity index (χ3n) is 7.81. The number of phenolic OH excluding ortho intramolecular Hbond substituents is 1. The van der Waals surface area contributed by atoms with Crippen LogP contribution >= 0.6 is 0 Å². The van der Waals surface area contributed by atoms with Gasteiger partial charge in [-0.3, -0.25) is 4.79 Å². The summed E-state index contributed by atoms with van der Waals surface area (Å²) in [6.07, 6.45) is 3.61. The van der Waals surface area contributed by atoms with Gasteiger partial charge in [0, 0.05) is 25.7 Å². The van der Waals surface area contributed by atoms with Gasteiger partial charge in [0.1, 0.15) is 36.1 Å². The highest BCUT2D eigenvalue weighted by molar-refractivity contribution is 5.87. The number of carbonyl (C=O) groups excluding carboxylic acids is 1. The monoisotopic (exact) mass is 536 g/mol. The Morgan fingerprint density at radius 1 is 1.31 bits per heavy atom. The predicted molar refractivity (Wildman–Crippen MR) is 142 cm³/mol. The topological polar surface area (TPSA) is 95.6 Å². The van der Waals surface area contributed by atoms with E-state index in [1.165, 1.54) is 24.3 Å². The van der Waals surface area contributed by atoms with Gasteiger partial charge in [-0.1, -0.05) is 12.6 Å². The number of halogens is 1. The van der Waals surface area contributed by atoms with Crippen LogP contribution in [0.5, 0.6) is 17.6 Å². The number of fused-ring (bicyclic) bond motifs is 1. The molecule has 5 rings (SSSR count). The normalized spacial score (nSPS) is 23.1. The molecule has 1 aromatic carbocycles. The Morgan fingerprint density at radius 2 is 2.15 bits per heavy atom. The van der Waals surface area contributed by atoms with E-state index >= 15 is 0 Å². The molecule has 0 spiro atoms. The third kappa shape index (κ3) is 5.47. The molecule has 0 bridgehead atoms. The zero-order valence-electron chi connectivity index (χ0n) is 22.1. The Morgan fingerprint density at radius 3 is 2.87 bits per heavy atom. The molecular formula is C28H33FN6O4. The lowest BCUT2D eigenvalue weighted by Crippen LogP contribution is -2.56. The molecule has 0 saturated carbocycles. The fourth-order valence-corrected chi connectivity index (χ4v) is 5.67. The minimum atomic E-state index is -0.716. The summed E-state index contributed by atoms with van der Waals surface area (Å²) in [5.41, 5.74) is 0.865. The van der Waals surface area contributed by atoms with Gasteiger partial charge in [0.05, 0.1) is 11.1 Å². The molecular weight excluding hydrogens is 503 g/mol. The lowest BCUT2D eigenvalue weighted by Gasteiger charge is -2.40. The zero-order valence-corrected chi connectivity index (χ0v) is 22.1. The van der Waals surface area contributed by atoms with Crippen molar-refractivity contribution >= 4 is 11.7 Å². The SMILES string of the molecule is [C-]#[N+]C[C@H]1CN(c2nc(OC[C@@H]3CCCN3C)nc3c2CCC(c2c(O)cccc2F)O3)CCN1C(=O)C=C. The molecule has 4 heterocycles. The number of carbonyl (C=O) groups is 1. The van der Waals surface area contributed by atoms with E-state index in [1.54, 1.807) is 4.90 Å². The van der Waals surface area contributed by atoms with Crippen LogP contribution in [0.25, 0.3) is 4.85 Å². The molecule has 3 aliphatic heterocycles. The van der Waals surface area contributed by atoms with Crippen molar-refractivity contribution < 1.29 is 23.8 Å². The second-order valence-electron chi connectivity index (χ2n) is 10.2. The molecule has 0 radical (unpaired) electrons. The summed E-state index contributed by atoms with van der Waals surface area (Å²) in [5, 5.41) is 10.4. The molecule has 2 aromatic rings. The first-order chi connectivity index (χ1) is 18.9. The standard InChI is InChI=1S/C28H33FN6O4/c1-4-24(37)35-14-13-34(16-19(35)15-30-2)26-20-10-11-23(25-21(29)8-5-9-22(25)36)39-27(20)32-28(31-26)38-17-18-7-6-12-33(18)3/h4-5,8-9,18-19,23,36H,1,6-7,10-17H2,3H3/t18-,19-,23?/m0/s1. The third-order valence-corrected chi connectivity index (χ3v) is 7.81. The average molecular weight is 537 g/mol. The second kappa shape index (κ2) is 11.5. The van der Waals surface area contributed by atoms with E-state index in [0.717, 1.165) is 24.9 Å². The van der Waals surface area contributed by atoms with E-state index in [2.05, 4.69) is 28.4 Å². The second-order valence-corrected chi connectivity index (χ2v) is 10.2. The minimum absolute atomic E-state index is 0.104. The zero-order chi connectivity index (χ0) is 27.5. The fraction of sp³-hybridized carbons (Fsp3) is 0.500. The number of nitrogens with zero attached hydrogens (tertiary/aromatic N) is 6. The number of aromatic nitrogens is 2. The molecule has 2 saturated heterocycles. The van der Waals surface area contributed by atoms with Gasteiger partial charge in [-0.15, -0.1) is 0 Å². The fourth-order valence-electron chi connectivity index (χ4n) is 5.67. The van der Waals surface area contributed by atoms with E-state index < -0.39 is 11.9 Å². The lowest BCUT2D eigenvalue weighted by atomic mass is 9.97. The van der Waals surface area contributed by atoms with Crippen LogP contribution in [-0.2, 0) is 11.2 Å². The molecule has 39 heavy (non-hydrogen) atoms. The van der Waals surface area contributed by atoms with Crippen LogP contribution in [0.3, 0.4) is 0 Å². The number of anilines is 1. The highest BCUT2D eigenvalue weighted by atomic mass is 19.1. The van der Waals surface area contributed by atoms with E-state index in [4.69, 9.17) is 21.0 Å². The van der Waals surface area contributed by atoms with Crippen LogP contribution in [0, 0.1) is 12.4 Å². The van der Waals surface area contributed by atoms with E-state index in [9.17, 15) is 14.3 Å². The number of aromatic hydroxyl groups is 1. The molecule has 1 unspecified atom stereocenters. The van der Waals surface area contributed by atoms with Gasteiger partial charge in [-0.2, -0.15) is 9.97 Å².